The van der Waals surface area contributed by atoms with Gasteiger partial charge in [-0.05, 0) is 26.6 Å². The largest absolute Gasteiger partial charge is 0.496 e. The fraction of sp³-hybridized carbons (Fsp3) is 0.474. The van der Waals surface area contributed by atoms with Crippen molar-refractivity contribution >= 4 is 17.3 Å². The highest BCUT2D eigenvalue weighted by atomic mass is 32.1. The first kappa shape index (κ1) is 20.2. The number of methoxy groups -OCH3 is 1. The Kier molecular flexibility index (Phi) is 7.87. The summed E-state index contributed by atoms with van der Waals surface area (Å²) in [6.45, 7) is 3.53. The van der Waals surface area contributed by atoms with E-state index in [2.05, 4.69) is 52.6 Å². The molecule has 0 spiro atoms. The van der Waals surface area contributed by atoms with E-state index in [0.717, 1.165) is 28.7 Å². The van der Waals surface area contributed by atoms with E-state index < -0.39 is 0 Å². The second kappa shape index (κ2) is 10.1. The molecule has 0 bridgehead atoms. The summed E-state index contributed by atoms with van der Waals surface area (Å²) in [6.07, 6.45) is 2.97. The van der Waals surface area contributed by atoms with Crippen LogP contribution in [0, 0.1) is 0 Å². The molecule has 0 amide bonds. The molecular weight excluding hydrogens is 346 g/mol. The van der Waals surface area contributed by atoms with Crippen LogP contribution in [0.25, 0.3) is 0 Å². The SMILES string of the molecule is CCc1cnc(CNC(=NC)NCC(c2ccccc2OC)N(C)C)s1. The van der Waals surface area contributed by atoms with Gasteiger partial charge in [0.05, 0.1) is 19.7 Å². The van der Waals surface area contributed by atoms with E-state index in [1.807, 2.05) is 24.4 Å². The molecule has 142 valence electrons. The lowest BCUT2D eigenvalue weighted by Gasteiger charge is -2.27. The van der Waals surface area contributed by atoms with Gasteiger partial charge in [0, 0.05) is 30.2 Å². The molecule has 1 unspecified atom stereocenters. The molecule has 26 heavy (non-hydrogen) atoms. The number of likely N-dealkylation sites (N-methyl/N-ethyl adjacent to an activating group) is 1. The zero-order chi connectivity index (χ0) is 18.9. The topological polar surface area (TPSA) is 61.8 Å². The maximum Gasteiger partial charge on any atom is 0.191 e. The van der Waals surface area contributed by atoms with Gasteiger partial charge in [0.25, 0.3) is 0 Å². The first-order valence-electron chi connectivity index (χ1n) is 8.76. The van der Waals surface area contributed by atoms with Crippen molar-refractivity contribution in [3.05, 3.63) is 45.9 Å². The Balaban J connectivity index is 1.98. The lowest BCUT2D eigenvalue weighted by atomic mass is 10.0. The number of aryl methyl sites for hydroxylation is 1. The molecule has 0 saturated carbocycles. The zero-order valence-electron chi connectivity index (χ0n) is 16.2. The summed E-state index contributed by atoms with van der Waals surface area (Å²) in [6, 6.07) is 8.28. The Hall–Kier alpha value is -2.12. The number of aliphatic imine (C=N–C) groups is 1. The van der Waals surface area contributed by atoms with Crippen molar-refractivity contribution in [2.75, 3.05) is 34.8 Å². The molecule has 0 saturated heterocycles. The Morgan fingerprint density at radius 1 is 1.31 bits per heavy atom. The lowest BCUT2D eigenvalue weighted by Crippen LogP contribution is -2.41. The fourth-order valence-electron chi connectivity index (χ4n) is 2.68. The van der Waals surface area contributed by atoms with E-state index in [1.165, 1.54) is 4.88 Å². The maximum absolute atomic E-state index is 5.52. The fourth-order valence-corrected chi connectivity index (χ4v) is 3.48. The average molecular weight is 376 g/mol. The molecule has 0 aliphatic rings. The molecule has 2 N–H and O–H groups in total. The number of hydrogen-bond donors (Lipinski definition) is 2. The molecule has 0 aliphatic carbocycles. The molecule has 0 fully saturated rings. The third-order valence-corrected chi connectivity index (χ3v) is 5.31. The van der Waals surface area contributed by atoms with Crippen molar-refractivity contribution < 1.29 is 4.74 Å². The Morgan fingerprint density at radius 2 is 2.08 bits per heavy atom. The predicted molar refractivity (Wildman–Crippen MR) is 109 cm³/mol. The van der Waals surface area contributed by atoms with Crippen LogP contribution in [0.3, 0.4) is 0 Å². The van der Waals surface area contributed by atoms with E-state index in [4.69, 9.17) is 4.74 Å². The minimum absolute atomic E-state index is 0.163. The lowest BCUT2D eigenvalue weighted by molar-refractivity contribution is 0.287. The van der Waals surface area contributed by atoms with Gasteiger partial charge in [0.1, 0.15) is 10.8 Å². The molecule has 1 heterocycles. The number of hydrogen-bond acceptors (Lipinski definition) is 5. The number of aromatic nitrogens is 1. The van der Waals surface area contributed by atoms with Crippen LogP contribution in [-0.2, 0) is 13.0 Å². The van der Waals surface area contributed by atoms with Crippen LogP contribution in [0.15, 0.2) is 35.5 Å². The monoisotopic (exact) mass is 375 g/mol. The number of rotatable bonds is 8. The quantitative estimate of drug-likeness (QED) is 0.549. The predicted octanol–water partition coefficient (Wildman–Crippen LogP) is 2.68. The molecule has 1 aromatic carbocycles. The highest BCUT2D eigenvalue weighted by molar-refractivity contribution is 7.11. The summed E-state index contributed by atoms with van der Waals surface area (Å²) < 4.78 is 5.52. The standard InChI is InChI=1S/C19H29N5OS/c1-6-14-11-21-18(26-14)13-23-19(20-2)22-12-16(24(3)4)15-9-7-8-10-17(15)25-5/h7-11,16H,6,12-13H2,1-5H3,(H2,20,22,23). The van der Waals surface area contributed by atoms with Gasteiger partial charge in [-0.25, -0.2) is 4.98 Å². The number of guanidine groups is 1. The van der Waals surface area contributed by atoms with Crippen molar-refractivity contribution in [2.24, 2.45) is 4.99 Å². The van der Waals surface area contributed by atoms with Crippen molar-refractivity contribution in [1.29, 1.82) is 0 Å². The number of thiazole rings is 1. The third kappa shape index (κ3) is 5.44. The molecule has 1 aromatic heterocycles. The van der Waals surface area contributed by atoms with Crippen molar-refractivity contribution in [3.8, 4) is 5.75 Å². The Morgan fingerprint density at radius 3 is 2.69 bits per heavy atom. The number of nitrogens with one attached hydrogen (secondary N) is 2. The van der Waals surface area contributed by atoms with E-state index in [-0.39, 0.29) is 6.04 Å². The van der Waals surface area contributed by atoms with Crippen LogP contribution in [0.2, 0.25) is 0 Å². The Bertz CT molecular complexity index is 713. The van der Waals surface area contributed by atoms with Crippen LogP contribution in [0.4, 0.5) is 0 Å². The van der Waals surface area contributed by atoms with Crippen LogP contribution in [0.1, 0.15) is 28.4 Å². The van der Waals surface area contributed by atoms with Gasteiger partial charge in [-0.15, -0.1) is 11.3 Å². The molecule has 0 radical (unpaired) electrons. The summed E-state index contributed by atoms with van der Waals surface area (Å²) in [4.78, 5) is 12.2. The van der Waals surface area contributed by atoms with E-state index >= 15 is 0 Å². The summed E-state index contributed by atoms with van der Waals surface area (Å²) >= 11 is 1.74. The highest BCUT2D eigenvalue weighted by Gasteiger charge is 2.18. The smallest absolute Gasteiger partial charge is 0.191 e. The van der Waals surface area contributed by atoms with E-state index in [1.54, 1.807) is 25.5 Å². The van der Waals surface area contributed by atoms with Gasteiger partial charge >= 0.3 is 0 Å². The minimum Gasteiger partial charge on any atom is -0.496 e. The van der Waals surface area contributed by atoms with Gasteiger partial charge in [0.15, 0.2) is 5.96 Å². The van der Waals surface area contributed by atoms with Crippen molar-refractivity contribution in [3.63, 3.8) is 0 Å². The van der Waals surface area contributed by atoms with Gasteiger partial charge in [0.2, 0.25) is 0 Å². The third-order valence-electron chi connectivity index (χ3n) is 4.16. The molecule has 1 atom stereocenters. The molecule has 7 heteroatoms. The van der Waals surface area contributed by atoms with Gasteiger partial charge in [-0.1, -0.05) is 25.1 Å². The van der Waals surface area contributed by atoms with Crippen LogP contribution in [-0.4, -0.2) is 50.6 Å². The van der Waals surface area contributed by atoms with E-state index in [9.17, 15) is 0 Å². The average Bonchev–Trinajstić information content (AvgIpc) is 3.12. The van der Waals surface area contributed by atoms with Gasteiger partial charge < -0.3 is 20.3 Å². The van der Waals surface area contributed by atoms with Gasteiger partial charge in [-0.3, -0.25) is 4.99 Å². The Labute approximate surface area is 160 Å². The normalized spacial score (nSPS) is 12.9. The molecule has 6 nitrogen and oxygen atoms in total. The number of benzene rings is 1. The number of nitrogens with zero attached hydrogens (tertiary/aromatic N) is 3. The van der Waals surface area contributed by atoms with Crippen molar-refractivity contribution in [1.82, 2.24) is 20.5 Å². The number of para-hydroxylation sites is 1. The summed E-state index contributed by atoms with van der Waals surface area (Å²) in [7, 11) is 7.62. The summed E-state index contributed by atoms with van der Waals surface area (Å²) in [5.74, 6) is 1.66. The second-order valence-electron chi connectivity index (χ2n) is 6.10. The van der Waals surface area contributed by atoms with Crippen LogP contribution < -0.4 is 15.4 Å². The second-order valence-corrected chi connectivity index (χ2v) is 7.30. The first-order chi connectivity index (χ1) is 12.6. The van der Waals surface area contributed by atoms with Crippen LogP contribution in [0.5, 0.6) is 5.75 Å². The summed E-state index contributed by atoms with van der Waals surface area (Å²) in [5, 5.41) is 7.81. The van der Waals surface area contributed by atoms with Crippen molar-refractivity contribution in [2.45, 2.75) is 25.9 Å². The van der Waals surface area contributed by atoms with E-state index in [0.29, 0.717) is 13.1 Å². The number of ether oxygens (including phenoxy) is 1. The maximum atomic E-state index is 5.52. The molecule has 0 aliphatic heterocycles. The zero-order valence-corrected chi connectivity index (χ0v) is 17.1. The van der Waals surface area contributed by atoms with Gasteiger partial charge in [-0.2, -0.15) is 0 Å². The summed E-state index contributed by atoms with van der Waals surface area (Å²) in [5.41, 5.74) is 1.15. The molecule has 2 rings (SSSR count). The highest BCUT2D eigenvalue weighted by Crippen LogP contribution is 2.27. The minimum atomic E-state index is 0.163. The van der Waals surface area contributed by atoms with Crippen LogP contribution >= 0.6 is 11.3 Å². The molecule has 2 aromatic rings. The first-order valence-corrected chi connectivity index (χ1v) is 9.58. The molecular formula is C19H29N5OS.